The number of nitrogens with one attached hydrogen (secondary N) is 2. The van der Waals surface area contributed by atoms with Crippen LogP contribution in [0.5, 0.6) is 0 Å². The van der Waals surface area contributed by atoms with Crippen molar-refractivity contribution in [2.75, 3.05) is 10.2 Å². The molecule has 1 saturated heterocycles. The first-order valence-electron chi connectivity index (χ1n) is 7.67. The average molecular weight is 368 g/mol. The van der Waals surface area contributed by atoms with Gasteiger partial charge in [0, 0.05) is 17.8 Å². The van der Waals surface area contributed by atoms with E-state index in [1.54, 1.807) is 30.3 Å². The van der Waals surface area contributed by atoms with Crippen LogP contribution in [0.25, 0.3) is 0 Å². The van der Waals surface area contributed by atoms with Crippen LogP contribution in [0.3, 0.4) is 0 Å². The van der Waals surface area contributed by atoms with Gasteiger partial charge in [-0.3, -0.25) is 29.8 Å². The summed E-state index contributed by atoms with van der Waals surface area (Å²) in [4.78, 5) is 59.8. The van der Waals surface area contributed by atoms with Crippen LogP contribution in [-0.2, 0) is 14.4 Å². The molecular weight excluding hydrogens is 356 g/mol. The molecule has 10 heteroatoms. The van der Waals surface area contributed by atoms with Crippen molar-refractivity contribution in [3.8, 4) is 0 Å². The van der Waals surface area contributed by atoms with Gasteiger partial charge in [0.25, 0.3) is 11.6 Å². The van der Waals surface area contributed by atoms with Crippen LogP contribution in [0.15, 0.2) is 54.6 Å². The molecule has 0 bridgehead atoms. The van der Waals surface area contributed by atoms with E-state index >= 15 is 0 Å². The van der Waals surface area contributed by atoms with Crippen molar-refractivity contribution in [1.82, 2.24) is 5.32 Å². The monoisotopic (exact) mass is 368 g/mol. The molecule has 0 aromatic heterocycles. The van der Waals surface area contributed by atoms with E-state index in [1.165, 1.54) is 12.1 Å². The minimum absolute atomic E-state index is 0.00638. The van der Waals surface area contributed by atoms with E-state index in [2.05, 4.69) is 5.32 Å². The summed E-state index contributed by atoms with van der Waals surface area (Å²) >= 11 is 0. The molecule has 0 spiro atoms. The number of barbiturate groups is 1. The number of amides is 5. The Kier molecular flexibility index (Phi) is 4.62. The number of nitrogens with zero attached hydrogens (tertiary/aromatic N) is 2. The van der Waals surface area contributed by atoms with Crippen LogP contribution in [0.4, 0.5) is 21.9 Å². The number of hydrogen-bond acceptors (Lipinski definition) is 6. The average Bonchev–Trinajstić information content (AvgIpc) is 2.62. The molecule has 1 unspecified atom stereocenters. The van der Waals surface area contributed by atoms with Gasteiger partial charge in [-0.05, 0) is 24.3 Å². The van der Waals surface area contributed by atoms with Crippen LogP contribution in [0.2, 0.25) is 0 Å². The normalized spacial score (nSPS) is 16.7. The molecule has 5 amide bonds. The third-order valence-electron chi connectivity index (χ3n) is 3.78. The molecule has 3 rings (SSSR count). The zero-order chi connectivity index (χ0) is 19.6. The number of nitro groups is 1. The smallest absolute Gasteiger partial charge is 0.325 e. The first kappa shape index (κ1) is 17.7. The fourth-order valence-corrected chi connectivity index (χ4v) is 2.51. The number of carbonyl (C=O) groups excluding carboxylic acids is 4. The fourth-order valence-electron chi connectivity index (χ4n) is 2.51. The Morgan fingerprint density at radius 1 is 1.04 bits per heavy atom. The van der Waals surface area contributed by atoms with Crippen LogP contribution in [0, 0.1) is 16.0 Å². The van der Waals surface area contributed by atoms with E-state index in [-0.39, 0.29) is 11.4 Å². The fraction of sp³-hybridized carbons (Fsp3) is 0.0588. The summed E-state index contributed by atoms with van der Waals surface area (Å²) in [5, 5.41) is 15.1. The molecular formula is C17H12N4O6. The summed E-state index contributed by atoms with van der Waals surface area (Å²) in [5.74, 6) is -4.77. The first-order chi connectivity index (χ1) is 12.9. The van der Waals surface area contributed by atoms with Gasteiger partial charge in [-0.25, -0.2) is 9.69 Å². The number of benzene rings is 2. The number of imide groups is 2. The van der Waals surface area contributed by atoms with E-state index in [9.17, 15) is 29.3 Å². The van der Waals surface area contributed by atoms with Crippen molar-refractivity contribution < 1.29 is 24.1 Å². The predicted octanol–water partition coefficient (Wildman–Crippen LogP) is 1.43. The van der Waals surface area contributed by atoms with Crippen LogP contribution in [-0.4, -0.2) is 28.7 Å². The highest BCUT2D eigenvalue weighted by Crippen LogP contribution is 2.24. The van der Waals surface area contributed by atoms with Crippen LogP contribution < -0.4 is 15.5 Å². The molecule has 10 nitrogen and oxygen atoms in total. The summed E-state index contributed by atoms with van der Waals surface area (Å²) in [6.45, 7) is 0. The maximum atomic E-state index is 12.6. The molecule has 2 aromatic carbocycles. The molecule has 2 aromatic rings. The van der Waals surface area contributed by atoms with Crippen molar-refractivity contribution in [2.24, 2.45) is 5.92 Å². The van der Waals surface area contributed by atoms with E-state index in [0.717, 1.165) is 12.1 Å². The molecule has 136 valence electrons. The van der Waals surface area contributed by atoms with Crippen LogP contribution in [0.1, 0.15) is 0 Å². The Morgan fingerprint density at radius 3 is 2.26 bits per heavy atom. The summed E-state index contributed by atoms with van der Waals surface area (Å²) in [5.41, 5.74) is 0.132. The molecule has 0 saturated carbocycles. The van der Waals surface area contributed by atoms with Crippen molar-refractivity contribution in [1.29, 1.82) is 0 Å². The Morgan fingerprint density at radius 2 is 1.67 bits per heavy atom. The van der Waals surface area contributed by atoms with Crippen LogP contribution >= 0.6 is 0 Å². The highest BCUT2D eigenvalue weighted by atomic mass is 16.6. The Labute approximate surface area is 151 Å². The number of para-hydroxylation sites is 1. The number of hydrogen-bond donors (Lipinski definition) is 2. The third-order valence-corrected chi connectivity index (χ3v) is 3.78. The van der Waals surface area contributed by atoms with Crippen molar-refractivity contribution in [3.63, 3.8) is 0 Å². The van der Waals surface area contributed by atoms with E-state index < -0.39 is 34.6 Å². The zero-order valence-corrected chi connectivity index (χ0v) is 13.6. The molecule has 0 radical (unpaired) electrons. The van der Waals surface area contributed by atoms with E-state index in [0.29, 0.717) is 10.6 Å². The lowest BCUT2D eigenvalue weighted by Crippen LogP contribution is -2.61. The maximum absolute atomic E-state index is 12.6. The maximum Gasteiger partial charge on any atom is 0.335 e. The second kappa shape index (κ2) is 7.04. The topological polar surface area (TPSA) is 139 Å². The Bertz CT molecular complexity index is 942. The van der Waals surface area contributed by atoms with Crippen molar-refractivity contribution in [2.45, 2.75) is 0 Å². The lowest BCUT2D eigenvalue weighted by Gasteiger charge is -2.29. The predicted molar refractivity (Wildman–Crippen MR) is 92.7 cm³/mol. The third kappa shape index (κ3) is 3.49. The van der Waals surface area contributed by atoms with Gasteiger partial charge in [-0.1, -0.05) is 18.2 Å². The molecule has 1 aliphatic rings. The number of carbonyl (C=O) groups is 4. The highest BCUT2D eigenvalue weighted by molar-refractivity contribution is 6.35. The second-order valence-electron chi connectivity index (χ2n) is 5.53. The van der Waals surface area contributed by atoms with Gasteiger partial charge in [0.2, 0.25) is 11.8 Å². The van der Waals surface area contributed by atoms with Gasteiger partial charge < -0.3 is 5.32 Å². The Hall–Kier alpha value is -4.08. The van der Waals surface area contributed by atoms with E-state index in [1.807, 2.05) is 5.32 Å². The lowest BCUT2D eigenvalue weighted by molar-refractivity contribution is -0.384. The number of anilines is 2. The molecule has 27 heavy (non-hydrogen) atoms. The first-order valence-corrected chi connectivity index (χ1v) is 7.67. The number of non-ortho nitro benzene ring substituents is 1. The van der Waals surface area contributed by atoms with Gasteiger partial charge >= 0.3 is 6.03 Å². The van der Waals surface area contributed by atoms with Crippen molar-refractivity contribution >= 4 is 40.8 Å². The summed E-state index contributed by atoms with van der Waals surface area (Å²) < 4.78 is 0. The molecule has 1 fully saturated rings. The molecule has 2 N–H and O–H groups in total. The molecule has 0 aliphatic carbocycles. The number of urea groups is 1. The molecule has 1 aliphatic heterocycles. The van der Waals surface area contributed by atoms with Gasteiger partial charge in [0.1, 0.15) is 0 Å². The SMILES string of the molecule is O=C1NC(=O)N(c2ccc([N+](=O)[O-])cc2)C(=O)C1C(=O)Nc1ccccc1. The minimum Gasteiger partial charge on any atom is -0.325 e. The van der Waals surface area contributed by atoms with Gasteiger partial charge in [-0.15, -0.1) is 0 Å². The summed E-state index contributed by atoms with van der Waals surface area (Å²) in [6, 6.07) is 11.7. The van der Waals surface area contributed by atoms with Crippen molar-refractivity contribution in [3.05, 3.63) is 64.7 Å². The minimum atomic E-state index is -1.78. The standard InChI is InChI=1S/C17H12N4O6/c22-14(18-10-4-2-1-3-5-10)13-15(23)19-17(25)20(16(13)24)11-6-8-12(9-7-11)21(26)27/h1-9,13H,(H,18,22)(H,19,23,25). The summed E-state index contributed by atoms with van der Waals surface area (Å²) in [6.07, 6.45) is 0. The quantitative estimate of drug-likeness (QED) is 0.475. The molecule has 1 atom stereocenters. The van der Waals surface area contributed by atoms with Gasteiger partial charge in [-0.2, -0.15) is 0 Å². The second-order valence-corrected chi connectivity index (χ2v) is 5.53. The zero-order valence-electron chi connectivity index (χ0n) is 13.6. The number of nitro benzene ring substituents is 1. The van der Waals surface area contributed by atoms with E-state index in [4.69, 9.17) is 0 Å². The highest BCUT2D eigenvalue weighted by Gasteiger charge is 2.45. The summed E-state index contributed by atoms with van der Waals surface area (Å²) in [7, 11) is 0. The Balaban J connectivity index is 1.87. The van der Waals surface area contributed by atoms with Gasteiger partial charge in [0.15, 0.2) is 5.92 Å². The lowest BCUT2D eigenvalue weighted by atomic mass is 10.0. The number of rotatable bonds is 4. The largest absolute Gasteiger partial charge is 0.335 e. The molecule has 1 heterocycles. The van der Waals surface area contributed by atoms with Gasteiger partial charge in [0.05, 0.1) is 10.6 Å².